The van der Waals surface area contributed by atoms with Crippen LogP contribution >= 0.6 is 0 Å². The summed E-state index contributed by atoms with van der Waals surface area (Å²) in [5, 5.41) is 0. The molecule has 4 nitrogen and oxygen atoms in total. The molecule has 1 unspecified atom stereocenters. The molecule has 0 heterocycles. The Balaban J connectivity index is 2.97. The lowest BCUT2D eigenvalue weighted by molar-refractivity contribution is 0.395. The zero-order valence-electron chi connectivity index (χ0n) is 13.4. The molecule has 0 aliphatic carbocycles. The molecule has 21 heavy (non-hydrogen) atoms. The van der Waals surface area contributed by atoms with E-state index in [4.69, 9.17) is 5.73 Å². The first-order chi connectivity index (χ1) is 9.93. The van der Waals surface area contributed by atoms with Gasteiger partial charge in [-0.2, -0.15) is 4.31 Å². The van der Waals surface area contributed by atoms with Gasteiger partial charge in [0.25, 0.3) is 0 Å². The van der Waals surface area contributed by atoms with Crippen LogP contribution in [0.1, 0.15) is 58.1 Å². The molecule has 0 aromatic heterocycles. The van der Waals surface area contributed by atoms with E-state index >= 15 is 0 Å². The van der Waals surface area contributed by atoms with Crippen molar-refractivity contribution in [2.24, 2.45) is 5.73 Å². The van der Waals surface area contributed by atoms with Crippen molar-refractivity contribution >= 4 is 10.0 Å². The Bertz CT molecular complexity index is 502. The monoisotopic (exact) mass is 312 g/mol. The van der Waals surface area contributed by atoms with Crippen LogP contribution in [0.25, 0.3) is 0 Å². The molecular weight excluding hydrogens is 284 g/mol. The van der Waals surface area contributed by atoms with E-state index in [-0.39, 0.29) is 6.04 Å². The molecule has 0 amide bonds. The minimum absolute atomic E-state index is 0.0851. The minimum atomic E-state index is -3.40. The maximum absolute atomic E-state index is 12.7. The second-order valence-corrected chi connectivity index (χ2v) is 7.41. The third-order valence-electron chi connectivity index (χ3n) is 3.57. The number of rotatable bonds is 9. The molecule has 0 fully saturated rings. The second-order valence-electron chi connectivity index (χ2n) is 5.47. The molecular formula is C16H28N2O2S. The number of nitrogens with two attached hydrogens (primary N) is 1. The average molecular weight is 312 g/mol. The molecule has 0 radical (unpaired) electrons. The van der Waals surface area contributed by atoms with Crippen LogP contribution in [0.15, 0.2) is 29.2 Å². The van der Waals surface area contributed by atoms with Gasteiger partial charge in [0.05, 0.1) is 4.90 Å². The molecule has 1 atom stereocenters. The summed E-state index contributed by atoms with van der Waals surface area (Å²) < 4.78 is 27.1. The largest absolute Gasteiger partial charge is 0.324 e. The zero-order chi connectivity index (χ0) is 15.9. The van der Waals surface area contributed by atoms with Gasteiger partial charge in [0.2, 0.25) is 10.0 Å². The highest BCUT2D eigenvalue weighted by atomic mass is 32.2. The second kappa shape index (κ2) is 8.51. The molecule has 0 aliphatic rings. The fourth-order valence-corrected chi connectivity index (χ4v) is 3.63. The van der Waals surface area contributed by atoms with Crippen molar-refractivity contribution in [3.8, 4) is 0 Å². The fourth-order valence-electron chi connectivity index (χ4n) is 2.11. The van der Waals surface area contributed by atoms with Gasteiger partial charge in [-0.3, -0.25) is 0 Å². The van der Waals surface area contributed by atoms with Crippen molar-refractivity contribution in [3.63, 3.8) is 0 Å². The number of nitrogens with zero attached hydrogens (tertiary/aromatic N) is 1. The highest BCUT2D eigenvalue weighted by Gasteiger charge is 2.23. The predicted molar refractivity (Wildman–Crippen MR) is 87.6 cm³/mol. The van der Waals surface area contributed by atoms with Crippen molar-refractivity contribution in [1.29, 1.82) is 0 Å². The number of benzene rings is 1. The topological polar surface area (TPSA) is 63.4 Å². The number of unbranched alkanes of at least 4 members (excludes halogenated alkanes) is 2. The van der Waals surface area contributed by atoms with Gasteiger partial charge >= 0.3 is 0 Å². The van der Waals surface area contributed by atoms with Crippen molar-refractivity contribution in [3.05, 3.63) is 29.8 Å². The van der Waals surface area contributed by atoms with Gasteiger partial charge in [-0.05, 0) is 37.5 Å². The molecule has 1 rings (SSSR count). The van der Waals surface area contributed by atoms with Crippen molar-refractivity contribution in [2.75, 3.05) is 13.1 Å². The molecule has 0 spiro atoms. The van der Waals surface area contributed by atoms with Gasteiger partial charge < -0.3 is 5.73 Å². The Kier molecular flexibility index (Phi) is 7.35. The fraction of sp³-hybridized carbons (Fsp3) is 0.625. The van der Waals surface area contributed by atoms with Gasteiger partial charge in [-0.1, -0.05) is 38.8 Å². The Hall–Kier alpha value is -0.910. The summed E-state index contributed by atoms with van der Waals surface area (Å²) in [5.74, 6) is 0. The van der Waals surface area contributed by atoms with Crippen LogP contribution < -0.4 is 5.73 Å². The van der Waals surface area contributed by atoms with Gasteiger partial charge in [0.1, 0.15) is 0 Å². The first-order valence-corrected chi connectivity index (χ1v) is 9.23. The smallest absolute Gasteiger partial charge is 0.243 e. The summed E-state index contributed by atoms with van der Waals surface area (Å²) in [4.78, 5) is 0.360. The first-order valence-electron chi connectivity index (χ1n) is 7.79. The van der Waals surface area contributed by atoms with Crippen LogP contribution in [-0.2, 0) is 10.0 Å². The highest BCUT2D eigenvalue weighted by molar-refractivity contribution is 7.89. The summed E-state index contributed by atoms with van der Waals surface area (Å²) in [6.07, 6.45) is 3.76. The molecule has 0 saturated heterocycles. The Morgan fingerprint density at radius 2 is 1.52 bits per heavy atom. The lowest BCUT2D eigenvalue weighted by Gasteiger charge is -2.22. The van der Waals surface area contributed by atoms with E-state index in [0.717, 1.165) is 31.2 Å². The third-order valence-corrected chi connectivity index (χ3v) is 5.48. The summed E-state index contributed by atoms with van der Waals surface area (Å²) in [5.41, 5.74) is 6.75. The van der Waals surface area contributed by atoms with Crippen LogP contribution in [0, 0.1) is 0 Å². The summed E-state index contributed by atoms with van der Waals surface area (Å²) in [6, 6.07) is 6.85. The Morgan fingerprint density at radius 1 is 1.05 bits per heavy atom. The first kappa shape index (κ1) is 18.1. The molecule has 1 aromatic rings. The maximum Gasteiger partial charge on any atom is 0.243 e. The highest BCUT2D eigenvalue weighted by Crippen LogP contribution is 2.19. The standard InChI is InChI=1S/C16H28N2O2S/c1-4-6-12-18(13-7-5-2)21(19,20)16-10-8-15(9-11-16)14(3)17/h8-11,14H,4-7,12-13,17H2,1-3H3. The third kappa shape index (κ3) is 5.09. The zero-order valence-corrected chi connectivity index (χ0v) is 14.2. The SMILES string of the molecule is CCCCN(CCCC)S(=O)(=O)c1ccc(C(C)N)cc1. The molecule has 1 aromatic carbocycles. The molecule has 2 N–H and O–H groups in total. The predicted octanol–water partition coefficient (Wildman–Crippen LogP) is 3.30. The lowest BCUT2D eigenvalue weighted by Crippen LogP contribution is -2.33. The Morgan fingerprint density at radius 3 is 1.90 bits per heavy atom. The lowest BCUT2D eigenvalue weighted by atomic mass is 10.1. The summed E-state index contributed by atoms with van der Waals surface area (Å²) in [7, 11) is -3.40. The van der Waals surface area contributed by atoms with Crippen molar-refractivity contribution in [1.82, 2.24) is 4.31 Å². The summed E-state index contributed by atoms with van der Waals surface area (Å²) >= 11 is 0. The summed E-state index contributed by atoms with van der Waals surface area (Å²) in [6.45, 7) is 7.21. The van der Waals surface area contributed by atoms with Crippen LogP contribution in [0.2, 0.25) is 0 Å². The quantitative estimate of drug-likeness (QED) is 0.761. The van der Waals surface area contributed by atoms with E-state index in [2.05, 4.69) is 13.8 Å². The van der Waals surface area contributed by atoms with Crippen LogP contribution in [0.4, 0.5) is 0 Å². The van der Waals surface area contributed by atoms with Gasteiger partial charge in [0, 0.05) is 19.1 Å². The number of sulfonamides is 1. The normalized spacial score (nSPS) is 13.6. The van der Waals surface area contributed by atoms with E-state index in [1.165, 1.54) is 0 Å². The van der Waals surface area contributed by atoms with Crippen LogP contribution in [-0.4, -0.2) is 25.8 Å². The van der Waals surface area contributed by atoms with Crippen molar-refractivity contribution in [2.45, 2.75) is 57.4 Å². The van der Waals surface area contributed by atoms with Crippen LogP contribution in [0.3, 0.4) is 0 Å². The number of hydrogen-bond donors (Lipinski definition) is 1. The number of hydrogen-bond acceptors (Lipinski definition) is 3. The van der Waals surface area contributed by atoms with Crippen LogP contribution in [0.5, 0.6) is 0 Å². The van der Waals surface area contributed by atoms with E-state index < -0.39 is 10.0 Å². The van der Waals surface area contributed by atoms with E-state index in [1.807, 2.05) is 6.92 Å². The van der Waals surface area contributed by atoms with E-state index in [9.17, 15) is 8.42 Å². The van der Waals surface area contributed by atoms with E-state index in [0.29, 0.717) is 18.0 Å². The maximum atomic E-state index is 12.7. The molecule has 0 aliphatic heterocycles. The van der Waals surface area contributed by atoms with Gasteiger partial charge in [-0.15, -0.1) is 0 Å². The van der Waals surface area contributed by atoms with E-state index in [1.54, 1.807) is 28.6 Å². The van der Waals surface area contributed by atoms with Crippen molar-refractivity contribution < 1.29 is 8.42 Å². The Labute approximate surface area is 129 Å². The van der Waals surface area contributed by atoms with Gasteiger partial charge in [0.15, 0.2) is 0 Å². The molecule has 120 valence electrons. The molecule has 5 heteroatoms. The average Bonchev–Trinajstić information content (AvgIpc) is 2.47. The molecule has 0 saturated carbocycles. The molecule has 0 bridgehead atoms. The van der Waals surface area contributed by atoms with Gasteiger partial charge in [-0.25, -0.2) is 8.42 Å². The minimum Gasteiger partial charge on any atom is -0.324 e.